The first-order chi connectivity index (χ1) is 13.1. The summed E-state index contributed by atoms with van der Waals surface area (Å²) in [4.78, 5) is 51.7. The molecule has 166 valence electrons. The van der Waals surface area contributed by atoms with Crippen molar-refractivity contribution in [2.24, 2.45) is 5.92 Å². The lowest BCUT2D eigenvalue weighted by Gasteiger charge is -2.29. The molecule has 0 bridgehead atoms. The number of Topliss-reactive ketones (excluding diaryl/α,β-unsaturated/α-hetero) is 1. The Morgan fingerprint density at radius 2 is 1.66 bits per heavy atom. The van der Waals surface area contributed by atoms with Crippen LogP contribution in [0.25, 0.3) is 0 Å². The molecule has 1 aliphatic rings. The number of hydrogen-bond acceptors (Lipinski definition) is 5. The molecule has 0 aromatic rings. The minimum Gasteiger partial charge on any atom is -0.444 e. The Labute approximate surface area is 174 Å². The maximum atomic E-state index is 12.8. The molecule has 8 nitrogen and oxygen atoms in total. The summed E-state index contributed by atoms with van der Waals surface area (Å²) in [6.07, 6.45) is 0.809. The molecular weight excluding hydrogens is 374 g/mol. The van der Waals surface area contributed by atoms with Crippen molar-refractivity contribution in [3.63, 3.8) is 0 Å². The molecule has 1 fully saturated rings. The van der Waals surface area contributed by atoms with Gasteiger partial charge in [0.2, 0.25) is 11.7 Å². The Kier molecular flexibility index (Phi) is 8.24. The summed E-state index contributed by atoms with van der Waals surface area (Å²) in [5, 5.41) is 5.42. The van der Waals surface area contributed by atoms with Gasteiger partial charge in [0.1, 0.15) is 17.7 Å². The quantitative estimate of drug-likeness (QED) is 0.653. The van der Waals surface area contributed by atoms with E-state index in [2.05, 4.69) is 10.6 Å². The lowest BCUT2D eigenvalue weighted by molar-refractivity contribution is -0.142. The van der Waals surface area contributed by atoms with E-state index >= 15 is 0 Å². The SMILES string of the molecule is CC(C)C[C@@H](NC(=O)C(=O)C1CCCN1C(=O)OC(C)(C)C)C(=O)NC(C)(C)C. The van der Waals surface area contributed by atoms with E-state index in [9.17, 15) is 19.2 Å². The van der Waals surface area contributed by atoms with Gasteiger partial charge in [-0.2, -0.15) is 0 Å². The van der Waals surface area contributed by atoms with Crippen LogP contribution in [0, 0.1) is 5.92 Å². The summed E-state index contributed by atoms with van der Waals surface area (Å²) in [5.41, 5.74) is -1.15. The number of amides is 3. The molecule has 0 aromatic carbocycles. The number of likely N-dealkylation sites (tertiary alicyclic amines) is 1. The lowest BCUT2D eigenvalue weighted by atomic mass is 10.0. The average molecular weight is 412 g/mol. The Bertz CT molecular complexity index is 631. The van der Waals surface area contributed by atoms with E-state index in [-0.39, 0.29) is 11.8 Å². The number of rotatable bonds is 6. The minimum atomic E-state index is -0.866. The van der Waals surface area contributed by atoms with Crippen molar-refractivity contribution in [1.29, 1.82) is 0 Å². The largest absolute Gasteiger partial charge is 0.444 e. The van der Waals surface area contributed by atoms with E-state index in [0.717, 1.165) is 0 Å². The Hall–Kier alpha value is -2.12. The first kappa shape index (κ1) is 24.9. The molecule has 0 radical (unpaired) electrons. The standard InChI is InChI=1S/C21H37N3O5/c1-13(2)12-14(17(26)23-20(3,4)5)22-18(27)16(25)15-10-9-11-24(15)19(28)29-21(6,7)8/h13-15H,9-12H2,1-8H3,(H,22,27)(H,23,26)/t14-,15?/m1/s1. The van der Waals surface area contributed by atoms with E-state index in [1.807, 2.05) is 34.6 Å². The first-order valence-corrected chi connectivity index (χ1v) is 10.3. The zero-order chi connectivity index (χ0) is 22.6. The third kappa shape index (κ3) is 8.41. The molecule has 0 aromatic heterocycles. The molecule has 1 rings (SSSR count). The molecule has 8 heteroatoms. The van der Waals surface area contributed by atoms with Crippen molar-refractivity contribution in [3.8, 4) is 0 Å². The van der Waals surface area contributed by atoms with Crippen molar-refractivity contribution in [3.05, 3.63) is 0 Å². The van der Waals surface area contributed by atoms with Gasteiger partial charge in [0.25, 0.3) is 5.91 Å². The van der Waals surface area contributed by atoms with Crippen molar-refractivity contribution in [2.45, 2.75) is 97.9 Å². The van der Waals surface area contributed by atoms with Gasteiger partial charge in [-0.15, -0.1) is 0 Å². The molecule has 29 heavy (non-hydrogen) atoms. The van der Waals surface area contributed by atoms with Crippen LogP contribution in [0.3, 0.4) is 0 Å². The highest BCUT2D eigenvalue weighted by Gasteiger charge is 2.40. The van der Waals surface area contributed by atoms with Crippen molar-refractivity contribution in [1.82, 2.24) is 15.5 Å². The molecule has 0 aliphatic carbocycles. The predicted octanol–water partition coefficient (Wildman–Crippen LogP) is 2.40. The lowest BCUT2D eigenvalue weighted by Crippen LogP contribution is -2.55. The smallest absolute Gasteiger partial charge is 0.410 e. The number of carbonyl (C=O) groups is 4. The highest BCUT2D eigenvalue weighted by Crippen LogP contribution is 2.22. The number of nitrogens with zero attached hydrogens (tertiary/aromatic N) is 1. The van der Waals surface area contributed by atoms with Gasteiger partial charge >= 0.3 is 6.09 Å². The maximum absolute atomic E-state index is 12.8. The van der Waals surface area contributed by atoms with Crippen molar-refractivity contribution < 1.29 is 23.9 Å². The van der Waals surface area contributed by atoms with Crippen molar-refractivity contribution >= 4 is 23.7 Å². The van der Waals surface area contributed by atoms with Crippen molar-refractivity contribution in [2.75, 3.05) is 6.54 Å². The molecular formula is C21H37N3O5. The number of ether oxygens (including phenoxy) is 1. The van der Waals surface area contributed by atoms with Crippen LogP contribution in [0.15, 0.2) is 0 Å². The van der Waals surface area contributed by atoms with Gasteiger partial charge in [-0.05, 0) is 66.7 Å². The van der Waals surface area contributed by atoms with Gasteiger partial charge in [0, 0.05) is 12.1 Å². The normalized spacial score (nSPS) is 18.4. The topological polar surface area (TPSA) is 105 Å². The summed E-state index contributed by atoms with van der Waals surface area (Å²) in [6, 6.07) is -1.68. The Balaban J connectivity index is 2.87. The van der Waals surface area contributed by atoms with Gasteiger partial charge in [-0.25, -0.2) is 4.79 Å². The average Bonchev–Trinajstić information content (AvgIpc) is 2.99. The second-order valence-corrected chi connectivity index (χ2v) is 10.1. The van der Waals surface area contributed by atoms with Gasteiger partial charge in [-0.1, -0.05) is 13.8 Å². The summed E-state index contributed by atoms with van der Waals surface area (Å²) in [5.74, 6) is -1.75. The summed E-state index contributed by atoms with van der Waals surface area (Å²) < 4.78 is 5.35. The summed E-state index contributed by atoms with van der Waals surface area (Å²) in [7, 11) is 0. The fraction of sp³-hybridized carbons (Fsp3) is 0.810. The Morgan fingerprint density at radius 3 is 2.14 bits per heavy atom. The van der Waals surface area contributed by atoms with Gasteiger partial charge in [0.05, 0.1) is 0 Å². The fourth-order valence-electron chi connectivity index (χ4n) is 3.12. The maximum Gasteiger partial charge on any atom is 0.410 e. The van der Waals surface area contributed by atoms with Gasteiger partial charge < -0.3 is 15.4 Å². The number of hydrogen-bond donors (Lipinski definition) is 2. The van der Waals surface area contributed by atoms with E-state index in [4.69, 9.17) is 4.74 Å². The van der Waals surface area contributed by atoms with E-state index in [0.29, 0.717) is 25.8 Å². The Morgan fingerprint density at radius 1 is 1.07 bits per heavy atom. The third-order valence-corrected chi connectivity index (χ3v) is 4.23. The monoisotopic (exact) mass is 411 g/mol. The van der Waals surface area contributed by atoms with E-state index in [1.165, 1.54) is 4.90 Å². The highest BCUT2D eigenvalue weighted by atomic mass is 16.6. The van der Waals surface area contributed by atoms with Crippen LogP contribution in [0.4, 0.5) is 4.79 Å². The molecule has 1 heterocycles. The molecule has 1 unspecified atom stereocenters. The van der Waals surface area contributed by atoms with Gasteiger partial charge in [0.15, 0.2) is 0 Å². The molecule has 3 amide bonds. The van der Waals surface area contributed by atoms with Crippen LogP contribution in [0.2, 0.25) is 0 Å². The van der Waals surface area contributed by atoms with Crippen LogP contribution in [-0.4, -0.2) is 58.4 Å². The van der Waals surface area contributed by atoms with E-state index in [1.54, 1.807) is 20.8 Å². The number of ketones is 1. The molecule has 2 atom stereocenters. The van der Waals surface area contributed by atoms with Crippen LogP contribution in [0.1, 0.15) is 74.7 Å². The second-order valence-electron chi connectivity index (χ2n) is 10.1. The third-order valence-electron chi connectivity index (χ3n) is 4.23. The highest BCUT2D eigenvalue weighted by molar-refractivity contribution is 6.38. The zero-order valence-corrected chi connectivity index (χ0v) is 19.0. The number of carbonyl (C=O) groups excluding carboxylic acids is 4. The molecule has 2 N–H and O–H groups in total. The van der Waals surface area contributed by atoms with Crippen LogP contribution in [-0.2, 0) is 19.1 Å². The van der Waals surface area contributed by atoms with Crippen LogP contribution in [0.5, 0.6) is 0 Å². The first-order valence-electron chi connectivity index (χ1n) is 10.3. The zero-order valence-electron chi connectivity index (χ0n) is 19.0. The predicted molar refractivity (Wildman–Crippen MR) is 110 cm³/mol. The van der Waals surface area contributed by atoms with Crippen LogP contribution >= 0.6 is 0 Å². The van der Waals surface area contributed by atoms with E-state index < -0.39 is 41.0 Å². The number of nitrogens with one attached hydrogen (secondary N) is 2. The fourth-order valence-corrected chi connectivity index (χ4v) is 3.12. The second kappa shape index (κ2) is 9.59. The summed E-state index contributed by atoms with van der Waals surface area (Å²) >= 11 is 0. The summed E-state index contributed by atoms with van der Waals surface area (Å²) in [6.45, 7) is 15.0. The molecule has 1 aliphatic heterocycles. The van der Waals surface area contributed by atoms with Gasteiger partial charge in [-0.3, -0.25) is 19.3 Å². The molecule has 0 spiro atoms. The molecule has 1 saturated heterocycles. The van der Waals surface area contributed by atoms with Crippen LogP contribution < -0.4 is 10.6 Å². The molecule has 0 saturated carbocycles. The minimum absolute atomic E-state index is 0.144.